The minimum Gasteiger partial charge on any atom is -0.393 e. The Bertz CT molecular complexity index is 395. The first-order valence-electron chi connectivity index (χ1n) is 11.0. The van der Waals surface area contributed by atoms with Crippen molar-refractivity contribution in [1.82, 2.24) is 0 Å². The summed E-state index contributed by atoms with van der Waals surface area (Å²) in [4.78, 5) is 0. The molecule has 0 saturated heterocycles. The summed E-state index contributed by atoms with van der Waals surface area (Å²) in [5.41, 5.74) is 0. The first kappa shape index (κ1) is 25.9. The van der Waals surface area contributed by atoms with E-state index in [0.717, 1.165) is 32.1 Å². The predicted octanol–water partition coefficient (Wildman–Crippen LogP) is 6.28. The molecule has 0 bridgehead atoms. The standard InChI is InChI=1S/C21H44O4S/c1-3-4-5-6-7-8-9-10-11-12-13-14-18-21(22)19-16-15-17-20(2)26(23,24)25/h20-22H,3-19H2,1-2H3,(H,23,24,25). The Balaban J connectivity index is 3.30. The van der Waals surface area contributed by atoms with Crippen LogP contribution in [0.1, 0.15) is 123 Å². The van der Waals surface area contributed by atoms with E-state index in [1.165, 1.54) is 77.6 Å². The molecule has 2 N–H and O–H groups in total. The molecule has 4 nitrogen and oxygen atoms in total. The van der Waals surface area contributed by atoms with Crippen molar-refractivity contribution in [3.63, 3.8) is 0 Å². The van der Waals surface area contributed by atoms with Crippen molar-refractivity contribution in [2.75, 3.05) is 0 Å². The van der Waals surface area contributed by atoms with Gasteiger partial charge in [0, 0.05) is 0 Å². The molecule has 0 aromatic carbocycles. The Morgan fingerprint density at radius 2 is 1.00 bits per heavy atom. The zero-order chi connectivity index (χ0) is 19.7. The van der Waals surface area contributed by atoms with Crippen molar-refractivity contribution in [3.05, 3.63) is 0 Å². The van der Waals surface area contributed by atoms with Crippen LogP contribution in [-0.4, -0.2) is 29.4 Å². The minimum atomic E-state index is -3.90. The fourth-order valence-electron chi connectivity index (χ4n) is 3.33. The second-order valence-corrected chi connectivity index (χ2v) is 9.78. The summed E-state index contributed by atoms with van der Waals surface area (Å²) < 4.78 is 30.7. The molecule has 2 atom stereocenters. The lowest BCUT2D eigenvalue weighted by molar-refractivity contribution is 0.147. The van der Waals surface area contributed by atoms with Gasteiger partial charge in [-0.3, -0.25) is 4.55 Å². The Hall–Kier alpha value is -0.130. The van der Waals surface area contributed by atoms with Crippen LogP contribution in [0.5, 0.6) is 0 Å². The average Bonchev–Trinajstić information content (AvgIpc) is 2.58. The van der Waals surface area contributed by atoms with Crippen LogP contribution in [0.2, 0.25) is 0 Å². The van der Waals surface area contributed by atoms with Gasteiger partial charge in [-0.2, -0.15) is 8.42 Å². The summed E-state index contributed by atoms with van der Waals surface area (Å²) in [7, 11) is -3.90. The van der Waals surface area contributed by atoms with Crippen LogP contribution >= 0.6 is 0 Å². The van der Waals surface area contributed by atoms with Crippen molar-refractivity contribution >= 4 is 10.1 Å². The Morgan fingerprint density at radius 3 is 1.42 bits per heavy atom. The fraction of sp³-hybridized carbons (Fsp3) is 1.00. The summed E-state index contributed by atoms with van der Waals surface area (Å²) in [5.74, 6) is 0. The number of hydrogen-bond donors (Lipinski definition) is 2. The van der Waals surface area contributed by atoms with Crippen molar-refractivity contribution in [3.8, 4) is 0 Å². The van der Waals surface area contributed by atoms with Crippen molar-refractivity contribution < 1.29 is 18.1 Å². The van der Waals surface area contributed by atoms with Crippen LogP contribution in [0.4, 0.5) is 0 Å². The molecular formula is C21H44O4S. The summed E-state index contributed by atoms with van der Waals surface area (Å²) in [6.45, 7) is 3.78. The van der Waals surface area contributed by atoms with Crippen molar-refractivity contribution in [2.24, 2.45) is 0 Å². The maximum Gasteiger partial charge on any atom is 0.267 e. The van der Waals surface area contributed by atoms with E-state index in [9.17, 15) is 13.5 Å². The van der Waals surface area contributed by atoms with E-state index < -0.39 is 15.4 Å². The Morgan fingerprint density at radius 1 is 0.654 bits per heavy atom. The largest absolute Gasteiger partial charge is 0.393 e. The van der Waals surface area contributed by atoms with Crippen molar-refractivity contribution in [1.29, 1.82) is 0 Å². The van der Waals surface area contributed by atoms with Gasteiger partial charge < -0.3 is 5.11 Å². The number of hydrogen-bond acceptors (Lipinski definition) is 3. The third-order valence-electron chi connectivity index (χ3n) is 5.30. The molecule has 26 heavy (non-hydrogen) atoms. The summed E-state index contributed by atoms with van der Waals surface area (Å²) in [6.07, 6.45) is 19.2. The molecule has 0 spiro atoms. The lowest BCUT2D eigenvalue weighted by atomic mass is 10.0. The SMILES string of the molecule is CCCCCCCCCCCCCCC(O)CCCCC(C)S(=O)(=O)O. The number of aliphatic hydroxyl groups excluding tert-OH is 1. The monoisotopic (exact) mass is 392 g/mol. The molecular weight excluding hydrogens is 348 g/mol. The van der Waals surface area contributed by atoms with E-state index in [-0.39, 0.29) is 6.10 Å². The van der Waals surface area contributed by atoms with E-state index >= 15 is 0 Å². The number of aliphatic hydroxyl groups is 1. The van der Waals surface area contributed by atoms with E-state index in [4.69, 9.17) is 4.55 Å². The maximum absolute atomic E-state index is 10.9. The van der Waals surface area contributed by atoms with Crippen LogP contribution in [0, 0.1) is 0 Å². The number of rotatable bonds is 19. The summed E-state index contributed by atoms with van der Waals surface area (Å²) >= 11 is 0. The molecule has 0 fully saturated rings. The average molecular weight is 393 g/mol. The molecule has 158 valence electrons. The van der Waals surface area contributed by atoms with E-state index in [0.29, 0.717) is 6.42 Å². The summed E-state index contributed by atoms with van der Waals surface area (Å²) in [5, 5.41) is 9.27. The van der Waals surface area contributed by atoms with E-state index in [2.05, 4.69) is 6.92 Å². The van der Waals surface area contributed by atoms with Gasteiger partial charge in [0.2, 0.25) is 0 Å². The normalized spacial score (nSPS) is 14.5. The highest BCUT2D eigenvalue weighted by atomic mass is 32.2. The first-order chi connectivity index (χ1) is 12.4. The smallest absolute Gasteiger partial charge is 0.267 e. The lowest BCUT2D eigenvalue weighted by Crippen LogP contribution is -2.16. The van der Waals surface area contributed by atoms with E-state index in [1.54, 1.807) is 0 Å². The predicted molar refractivity (Wildman–Crippen MR) is 111 cm³/mol. The quantitative estimate of drug-likeness (QED) is 0.200. The highest BCUT2D eigenvalue weighted by Crippen LogP contribution is 2.16. The van der Waals surface area contributed by atoms with Crippen LogP contribution in [0.3, 0.4) is 0 Å². The lowest BCUT2D eigenvalue weighted by Gasteiger charge is -2.11. The van der Waals surface area contributed by atoms with Gasteiger partial charge >= 0.3 is 0 Å². The fourth-order valence-corrected chi connectivity index (χ4v) is 3.79. The zero-order valence-electron chi connectivity index (χ0n) is 17.3. The van der Waals surface area contributed by atoms with Gasteiger partial charge in [0.1, 0.15) is 0 Å². The molecule has 2 unspecified atom stereocenters. The van der Waals surface area contributed by atoms with Gasteiger partial charge in [0.05, 0.1) is 11.4 Å². The molecule has 0 radical (unpaired) electrons. The topological polar surface area (TPSA) is 74.6 Å². The Labute approximate surface area is 162 Å². The molecule has 0 aliphatic heterocycles. The van der Waals surface area contributed by atoms with Gasteiger partial charge in [-0.05, 0) is 26.2 Å². The van der Waals surface area contributed by atoms with E-state index in [1.807, 2.05) is 0 Å². The van der Waals surface area contributed by atoms with Crippen LogP contribution < -0.4 is 0 Å². The third-order valence-corrected chi connectivity index (χ3v) is 6.55. The van der Waals surface area contributed by atoms with Crippen molar-refractivity contribution in [2.45, 2.75) is 134 Å². The molecule has 0 amide bonds. The highest BCUT2D eigenvalue weighted by molar-refractivity contribution is 7.86. The molecule has 0 aliphatic rings. The van der Waals surface area contributed by atoms with Gasteiger partial charge in [-0.1, -0.05) is 96.8 Å². The molecule has 0 aromatic heterocycles. The number of unbranched alkanes of at least 4 members (excludes halogenated alkanes) is 12. The zero-order valence-corrected chi connectivity index (χ0v) is 18.1. The van der Waals surface area contributed by atoms with Gasteiger partial charge in [0.25, 0.3) is 10.1 Å². The molecule has 0 saturated carbocycles. The van der Waals surface area contributed by atoms with Crippen LogP contribution in [0.15, 0.2) is 0 Å². The second-order valence-electron chi connectivity index (χ2n) is 7.94. The van der Waals surface area contributed by atoms with Gasteiger partial charge in [-0.15, -0.1) is 0 Å². The van der Waals surface area contributed by atoms with Gasteiger partial charge in [-0.25, -0.2) is 0 Å². The minimum absolute atomic E-state index is 0.265. The molecule has 0 rings (SSSR count). The van der Waals surface area contributed by atoms with Gasteiger partial charge in [0.15, 0.2) is 0 Å². The van der Waals surface area contributed by atoms with Crippen LogP contribution in [0.25, 0.3) is 0 Å². The molecule has 0 aliphatic carbocycles. The summed E-state index contributed by atoms with van der Waals surface area (Å²) in [6, 6.07) is 0. The van der Waals surface area contributed by atoms with Crippen LogP contribution in [-0.2, 0) is 10.1 Å². The first-order valence-corrected chi connectivity index (χ1v) is 12.5. The third kappa shape index (κ3) is 17.3. The highest BCUT2D eigenvalue weighted by Gasteiger charge is 2.16. The molecule has 5 heteroatoms. The molecule has 0 aromatic rings. The Kier molecular flexibility index (Phi) is 16.9. The maximum atomic E-state index is 10.9. The second kappa shape index (κ2) is 17.0. The molecule has 0 heterocycles.